The largest absolute Gasteiger partial charge is 0.398 e. The molecule has 1 aromatic carbocycles. The molecule has 1 aromatic rings. The van der Waals surface area contributed by atoms with E-state index in [1.54, 1.807) is 25.1 Å². The highest BCUT2D eigenvalue weighted by molar-refractivity contribution is 6.09. The van der Waals surface area contributed by atoms with Crippen LogP contribution >= 0.6 is 0 Å². The Bertz CT molecular complexity index is 592. The summed E-state index contributed by atoms with van der Waals surface area (Å²) in [5.74, 6) is -1.14. The first-order valence-electron chi connectivity index (χ1n) is 5.68. The molecule has 0 unspecified atom stereocenters. The van der Waals surface area contributed by atoms with Crippen molar-refractivity contribution in [2.75, 3.05) is 5.73 Å². The van der Waals surface area contributed by atoms with Crippen LogP contribution in [0.3, 0.4) is 0 Å². The van der Waals surface area contributed by atoms with E-state index in [0.29, 0.717) is 16.8 Å². The zero-order valence-electron chi connectivity index (χ0n) is 11.3. The molecule has 8 heteroatoms. The minimum absolute atomic E-state index is 0.160. The average Bonchev–Trinajstić information content (AvgIpc) is 2.34. The Hall–Kier alpha value is -2.90. The van der Waals surface area contributed by atoms with Gasteiger partial charge in [-0.15, -0.1) is 0 Å². The number of benzene rings is 1. The van der Waals surface area contributed by atoms with Crippen LogP contribution in [0.2, 0.25) is 0 Å². The number of hydrazone groups is 1. The van der Waals surface area contributed by atoms with Gasteiger partial charge in [0.15, 0.2) is 5.78 Å². The van der Waals surface area contributed by atoms with E-state index in [1.165, 1.54) is 6.92 Å². The maximum atomic E-state index is 11.4. The predicted molar refractivity (Wildman–Crippen MR) is 78.7 cm³/mol. The topological polar surface area (TPSA) is 158 Å². The minimum Gasteiger partial charge on any atom is -0.398 e. The van der Waals surface area contributed by atoms with Crippen LogP contribution in [0, 0.1) is 10.8 Å². The SMILES string of the molecule is CC(=O)c1cccc(C(C)=NN(C(=N)N)C(=N)N)c1N. The summed E-state index contributed by atoms with van der Waals surface area (Å²) in [4.78, 5) is 11.4. The number of hydrogen-bond donors (Lipinski definition) is 5. The van der Waals surface area contributed by atoms with Gasteiger partial charge in [0.1, 0.15) is 0 Å². The summed E-state index contributed by atoms with van der Waals surface area (Å²) >= 11 is 0. The van der Waals surface area contributed by atoms with Gasteiger partial charge < -0.3 is 17.2 Å². The number of nitrogens with zero attached hydrogens (tertiary/aromatic N) is 2. The number of carbonyl (C=O) groups excluding carboxylic acids is 1. The number of para-hydroxylation sites is 1. The Balaban J connectivity index is 3.31. The molecule has 0 bridgehead atoms. The molecular formula is C12H17N7O. The molecular weight excluding hydrogens is 258 g/mol. The van der Waals surface area contributed by atoms with Gasteiger partial charge in [-0.1, -0.05) is 12.1 Å². The summed E-state index contributed by atoms with van der Waals surface area (Å²) in [5.41, 5.74) is 18.0. The third-order valence-corrected chi connectivity index (χ3v) is 2.58. The van der Waals surface area contributed by atoms with Gasteiger partial charge in [-0.2, -0.15) is 10.1 Å². The third kappa shape index (κ3) is 3.10. The fraction of sp³-hybridized carbons (Fsp3) is 0.167. The Morgan fingerprint density at radius 3 is 2.10 bits per heavy atom. The van der Waals surface area contributed by atoms with Crippen molar-refractivity contribution in [3.8, 4) is 0 Å². The van der Waals surface area contributed by atoms with E-state index >= 15 is 0 Å². The van der Waals surface area contributed by atoms with Gasteiger partial charge >= 0.3 is 0 Å². The van der Waals surface area contributed by atoms with E-state index in [-0.39, 0.29) is 11.5 Å². The van der Waals surface area contributed by atoms with E-state index in [9.17, 15) is 4.79 Å². The first kappa shape index (κ1) is 15.2. The van der Waals surface area contributed by atoms with E-state index in [0.717, 1.165) is 5.01 Å². The highest BCUT2D eigenvalue weighted by atomic mass is 16.1. The van der Waals surface area contributed by atoms with Crippen molar-refractivity contribution < 1.29 is 4.79 Å². The number of rotatable bonds is 3. The zero-order valence-corrected chi connectivity index (χ0v) is 11.3. The molecule has 1 rings (SSSR count). The summed E-state index contributed by atoms with van der Waals surface area (Å²) in [6.45, 7) is 3.04. The molecule has 0 atom stereocenters. The molecule has 0 aromatic heterocycles. The lowest BCUT2D eigenvalue weighted by Crippen LogP contribution is -2.41. The number of Topliss-reactive ketones (excluding diaryl/α,β-unsaturated/α-hetero) is 1. The van der Waals surface area contributed by atoms with Crippen LogP contribution < -0.4 is 17.2 Å². The number of ketones is 1. The summed E-state index contributed by atoms with van der Waals surface area (Å²) < 4.78 is 0. The lowest BCUT2D eigenvalue weighted by molar-refractivity contribution is 0.101. The lowest BCUT2D eigenvalue weighted by Gasteiger charge is -2.16. The zero-order chi connectivity index (χ0) is 15.4. The monoisotopic (exact) mass is 275 g/mol. The summed E-state index contributed by atoms with van der Waals surface area (Å²) in [5, 5.41) is 19.3. The molecule has 8 nitrogen and oxygen atoms in total. The molecule has 0 aliphatic rings. The van der Waals surface area contributed by atoms with Crippen LogP contribution in [0.4, 0.5) is 5.69 Å². The summed E-state index contributed by atoms with van der Waals surface area (Å²) in [6.07, 6.45) is 0. The second kappa shape index (κ2) is 5.83. The second-order valence-corrected chi connectivity index (χ2v) is 4.09. The summed E-state index contributed by atoms with van der Waals surface area (Å²) in [7, 11) is 0. The van der Waals surface area contributed by atoms with Crippen LogP contribution in [0.5, 0.6) is 0 Å². The maximum Gasteiger partial charge on any atom is 0.216 e. The highest BCUT2D eigenvalue weighted by Crippen LogP contribution is 2.19. The molecule has 0 saturated carbocycles. The Morgan fingerprint density at radius 2 is 1.65 bits per heavy atom. The van der Waals surface area contributed by atoms with Crippen LogP contribution in [0.15, 0.2) is 23.3 Å². The number of nitrogens with two attached hydrogens (primary N) is 3. The van der Waals surface area contributed by atoms with Crippen molar-refractivity contribution in [1.29, 1.82) is 10.8 Å². The van der Waals surface area contributed by atoms with Gasteiger partial charge in [0.05, 0.1) is 11.4 Å². The normalized spacial score (nSPS) is 11.0. The molecule has 8 N–H and O–H groups in total. The van der Waals surface area contributed by atoms with Gasteiger partial charge in [0, 0.05) is 11.1 Å². The van der Waals surface area contributed by atoms with Crippen LogP contribution in [-0.4, -0.2) is 28.4 Å². The average molecular weight is 275 g/mol. The molecule has 0 aliphatic carbocycles. The number of nitrogens with one attached hydrogen (secondary N) is 2. The number of nitrogen functional groups attached to an aromatic ring is 1. The molecule has 106 valence electrons. The van der Waals surface area contributed by atoms with Crippen molar-refractivity contribution >= 4 is 29.1 Å². The third-order valence-electron chi connectivity index (χ3n) is 2.58. The second-order valence-electron chi connectivity index (χ2n) is 4.09. The smallest absolute Gasteiger partial charge is 0.216 e. The number of carbonyl (C=O) groups is 1. The Labute approximate surface area is 116 Å². The fourth-order valence-corrected chi connectivity index (χ4v) is 1.63. The van der Waals surface area contributed by atoms with Crippen LogP contribution in [-0.2, 0) is 0 Å². The molecule has 0 saturated heterocycles. The number of guanidine groups is 2. The number of anilines is 1. The van der Waals surface area contributed by atoms with Crippen molar-refractivity contribution in [3.63, 3.8) is 0 Å². The van der Waals surface area contributed by atoms with Gasteiger partial charge in [-0.05, 0) is 19.9 Å². The Kier molecular flexibility index (Phi) is 4.42. The predicted octanol–water partition coefficient (Wildman–Crippen LogP) is 0.284. The first-order valence-corrected chi connectivity index (χ1v) is 5.68. The van der Waals surface area contributed by atoms with Gasteiger partial charge in [-0.3, -0.25) is 15.6 Å². The van der Waals surface area contributed by atoms with Crippen LogP contribution in [0.25, 0.3) is 0 Å². The van der Waals surface area contributed by atoms with Gasteiger partial charge in [0.25, 0.3) is 0 Å². The standard InChI is InChI=1S/C12H17N7O/c1-6(18-19(11(14)15)12(16)17)8-4-3-5-9(7(2)20)10(8)13/h3-5H,13H2,1-2H3,(H3,14,15)(H3,16,17). The quantitative estimate of drug-likeness (QED) is 0.176. The van der Waals surface area contributed by atoms with E-state index in [2.05, 4.69) is 5.10 Å². The van der Waals surface area contributed by atoms with E-state index in [4.69, 9.17) is 28.0 Å². The van der Waals surface area contributed by atoms with Crippen molar-refractivity contribution in [3.05, 3.63) is 29.3 Å². The molecule has 0 spiro atoms. The molecule has 0 fully saturated rings. The highest BCUT2D eigenvalue weighted by Gasteiger charge is 2.13. The molecule has 20 heavy (non-hydrogen) atoms. The fourth-order valence-electron chi connectivity index (χ4n) is 1.63. The number of hydrogen-bond acceptors (Lipinski definition) is 5. The molecule has 0 heterocycles. The van der Waals surface area contributed by atoms with Crippen molar-refractivity contribution in [1.82, 2.24) is 5.01 Å². The Morgan fingerprint density at radius 1 is 1.15 bits per heavy atom. The molecule has 0 radical (unpaired) electrons. The van der Waals surface area contributed by atoms with E-state index < -0.39 is 11.9 Å². The molecule has 0 amide bonds. The van der Waals surface area contributed by atoms with E-state index in [1.807, 2.05) is 0 Å². The maximum absolute atomic E-state index is 11.4. The van der Waals surface area contributed by atoms with Crippen LogP contribution in [0.1, 0.15) is 29.8 Å². The minimum atomic E-state index is -0.488. The van der Waals surface area contributed by atoms with Gasteiger partial charge in [0.2, 0.25) is 11.9 Å². The first-order chi connectivity index (χ1) is 9.25. The van der Waals surface area contributed by atoms with Crippen molar-refractivity contribution in [2.24, 2.45) is 16.6 Å². The lowest BCUT2D eigenvalue weighted by atomic mass is 10.0. The molecule has 0 aliphatic heterocycles. The summed E-state index contributed by atoms with van der Waals surface area (Å²) in [6, 6.07) is 4.97. The van der Waals surface area contributed by atoms with Crippen molar-refractivity contribution in [2.45, 2.75) is 13.8 Å². The van der Waals surface area contributed by atoms with Gasteiger partial charge in [-0.25, -0.2) is 0 Å².